The predicted molar refractivity (Wildman–Crippen MR) is 80.3 cm³/mol. The van der Waals surface area contributed by atoms with Crippen LogP contribution in [0.3, 0.4) is 0 Å². The minimum atomic E-state index is -0.170. The van der Waals surface area contributed by atoms with E-state index in [4.69, 9.17) is 5.73 Å². The highest BCUT2D eigenvalue weighted by Gasteiger charge is 2.07. The van der Waals surface area contributed by atoms with Crippen LogP contribution in [0.15, 0.2) is 36.5 Å². The molecule has 0 unspecified atom stereocenters. The Hall–Kier alpha value is -2.71. The second kappa shape index (κ2) is 7.17. The van der Waals surface area contributed by atoms with Gasteiger partial charge in [-0.15, -0.1) is 0 Å². The molecule has 0 atom stereocenters. The summed E-state index contributed by atoms with van der Waals surface area (Å²) < 4.78 is 0. The lowest BCUT2D eigenvalue weighted by atomic mass is 10.0. The van der Waals surface area contributed by atoms with E-state index in [0.717, 1.165) is 11.1 Å². The number of nitrogens with zero attached hydrogens (tertiary/aromatic N) is 2. The molecule has 0 saturated carbocycles. The zero-order valence-corrected chi connectivity index (χ0v) is 11.8. The molecule has 0 aliphatic heterocycles. The van der Waals surface area contributed by atoms with Gasteiger partial charge in [-0.05, 0) is 36.8 Å². The fourth-order valence-corrected chi connectivity index (χ4v) is 1.74. The Kier molecular flexibility index (Phi) is 5.02. The Labute approximate surface area is 123 Å². The van der Waals surface area contributed by atoms with Gasteiger partial charge in [0.15, 0.2) is 0 Å². The first-order chi connectivity index (χ1) is 10.2. The summed E-state index contributed by atoms with van der Waals surface area (Å²) in [6, 6.07) is 9.00. The van der Waals surface area contributed by atoms with Crippen LogP contribution in [0.1, 0.15) is 27.2 Å². The highest BCUT2D eigenvalue weighted by Crippen LogP contribution is 2.10. The standard InChI is InChI=1S/C16H16N4O/c1-12-6-7-14(10-13(12)4-2-8-17)16(21)18-11-15-5-3-9-19-20-15/h3,5-7,9-10H,8,11,17H2,1H3,(H,18,21). The molecule has 0 aliphatic rings. The molecule has 0 radical (unpaired) electrons. The van der Waals surface area contributed by atoms with Crippen molar-refractivity contribution in [3.8, 4) is 11.8 Å². The number of hydrogen-bond donors (Lipinski definition) is 2. The topological polar surface area (TPSA) is 80.9 Å². The summed E-state index contributed by atoms with van der Waals surface area (Å²) in [5.41, 5.74) is 8.47. The summed E-state index contributed by atoms with van der Waals surface area (Å²) in [4.78, 5) is 12.1. The first-order valence-electron chi connectivity index (χ1n) is 6.55. The first kappa shape index (κ1) is 14.7. The van der Waals surface area contributed by atoms with Gasteiger partial charge in [0.2, 0.25) is 0 Å². The molecule has 5 nitrogen and oxygen atoms in total. The largest absolute Gasteiger partial charge is 0.346 e. The van der Waals surface area contributed by atoms with Crippen LogP contribution >= 0.6 is 0 Å². The van der Waals surface area contributed by atoms with E-state index in [1.807, 2.05) is 13.0 Å². The molecule has 0 aliphatic carbocycles. The van der Waals surface area contributed by atoms with Crippen molar-refractivity contribution in [2.75, 3.05) is 6.54 Å². The second-order valence-corrected chi connectivity index (χ2v) is 4.43. The van der Waals surface area contributed by atoms with Gasteiger partial charge < -0.3 is 11.1 Å². The Balaban J connectivity index is 2.09. The number of nitrogens with two attached hydrogens (primary N) is 1. The molecule has 1 aromatic heterocycles. The fraction of sp³-hybridized carbons (Fsp3) is 0.188. The van der Waals surface area contributed by atoms with Crippen molar-refractivity contribution in [1.29, 1.82) is 0 Å². The SMILES string of the molecule is Cc1ccc(C(=O)NCc2cccnn2)cc1C#CCN. The number of aryl methyl sites for hydroxylation is 1. The molecule has 5 heteroatoms. The van der Waals surface area contributed by atoms with Gasteiger partial charge in [0.25, 0.3) is 5.91 Å². The van der Waals surface area contributed by atoms with E-state index in [9.17, 15) is 4.79 Å². The monoisotopic (exact) mass is 280 g/mol. The Morgan fingerprint density at radius 2 is 2.24 bits per heavy atom. The number of rotatable bonds is 3. The van der Waals surface area contributed by atoms with E-state index < -0.39 is 0 Å². The number of hydrogen-bond acceptors (Lipinski definition) is 4. The fourth-order valence-electron chi connectivity index (χ4n) is 1.74. The number of aromatic nitrogens is 2. The maximum atomic E-state index is 12.1. The van der Waals surface area contributed by atoms with Gasteiger partial charge in [-0.3, -0.25) is 4.79 Å². The minimum absolute atomic E-state index is 0.170. The number of carbonyl (C=O) groups is 1. The van der Waals surface area contributed by atoms with Gasteiger partial charge in [-0.25, -0.2) is 0 Å². The molecule has 2 aromatic rings. The van der Waals surface area contributed by atoms with Crippen molar-refractivity contribution in [2.45, 2.75) is 13.5 Å². The lowest BCUT2D eigenvalue weighted by Gasteiger charge is -2.06. The summed E-state index contributed by atoms with van der Waals surface area (Å²) >= 11 is 0. The molecule has 3 N–H and O–H groups in total. The molecule has 0 fully saturated rings. The zero-order chi connectivity index (χ0) is 15.1. The third kappa shape index (κ3) is 4.13. The van der Waals surface area contributed by atoms with E-state index in [2.05, 4.69) is 27.4 Å². The lowest BCUT2D eigenvalue weighted by molar-refractivity contribution is 0.0950. The van der Waals surface area contributed by atoms with Crippen LogP contribution in [-0.4, -0.2) is 22.6 Å². The average molecular weight is 280 g/mol. The van der Waals surface area contributed by atoms with Crippen LogP contribution in [0, 0.1) is 18.8 Å². The maximum absolute atomic E-state index is 12.1. The van der Waals surface area contributed by atoms with Crippen LogP contribution in [0.5, 0.6) is 0 Å². The van der Waals surface area contributed by atoms with Crippen molar-refractivity contribution >= 4 is 5.91 Å². The Morgan fingerprint density at radius 3 is 2.95 bits per heavy atom. The first-order valence-corrected chi connectivity index (χ1v) is 6.55. The molecule has 21 heavy (non-hydrogen) atoms. The van der Waals surface area contributed by atoms with E-state index >= 15 is 0 Å². The quantitative estimate of drug-likeness (QED) is 0.823. The van der Waals surface area contributed by atoms with Crippen molar-refractivity contribution in [2.24, 2.45) is 5.73 Å². The smallest absolute Gasteiger partial charge is 0.251 e. The van der Waals surface area contributed by atoms with E-state index in [1.165, 1.54) is 0 Å². The lowest BCUT2D eigenvalue weighted by Crippen LogP contribution is -2.23. The number of benzene rings is 1. The Bertz CT molecular complexity index is 686. The van der Waals surface area contributed by atoms with Gasteiger partial charge >= 0.3 is 0 Å². The highest BCUT2D eigenvalue weighted by molar-refractivity contribution is 5.94. The van der Waals surface area contributed by atoms with Gasteiger partial charge in [-0.1, -0.05) is 17.9 Å². The summed E-state index contributed by atoms with van der Waals surface area (Å²) in [5.74, 6) is 5.59. The molecular weight excluding hydrogens is 264 g/mol. The third-order valence-corrected chi connectivity index (χ3v) is 2.88. The summed E-state index contributed by atoms with van der Waals surface area (Å²) in [6.07, 6.45) is 1.59. The molecule has 2 rings (SSSR count). The van der Waals surface area contributed by atoms with Gasteiger partial charge in [-0.2, -0.15) is 10.2 Å². The molecule has 1 amide bonds. The predicted octanol–water partition coefficient (Wildman–Crippen LogP) is 1.03. The number of carbonyl (C=O) groups excluding carboxylic acids is 1. The summed E-state index contributed by atoms with van der Waals surface area (Å²) in [7, 11) is 0. The van der Waals surface area contributed by atoms with E-state index in [1.54, 1.807) is 30.5 Å². The second-order valence-electron chi connectivity index (χ2n) is 4.43. The molecular formula is C16H16N4O. The van der Waals surface area contributed by atoms with E-state index in [-0.39, 0.29) is 5.91 Å². The van der Waals surface area contributed by atoms with Crippen LogP contribution in [0.2, 0.25) is 0 Å². The van der Waals surface area contributed by atoms with Crippen LogP contribution in [-0.2, 0) is 6.54 Å². The third-order valence-electron chi connectivity index (χ3n) is 2.88. The maximum Gasteiger partial charge on any atom is 0.251 e. The summed E-state index contributed by atoms with van der Waals surface area (Å²) in [5, 5.41) is 10.5. The van der Waals surface area contributed by atoms with Crippen LogP contribution < -0.4 is 11.1 Å². The average Bonchev–Trinajstić information content (AvgIpc) is 2.53. The van der Waals surface area contributed by atoms with Crippen molar-refractivity contribution in [3.63, 3.8) is 0 Å². The Morgan fingerprint density at radius 1 is 1.38 bits per heavy atom. The van der Waals surface area contributed by atoms with Gasteiger partial charge in [0, 0.05) is 17.3 Å². The number of nitrogens with one attached hydrogen (secondary N) is 1. The molecule has 1 heterocycles. The minimum Gasteiger partial charge on any atom is -0.346 e. The zero-order valence-electron chi connectivity index (χ0n) is 11.8. The molecule has 0 spiro atoms. The van der Waals surface area contributed by atoms with Gasteiger partial charge in [0.1, 0.15) is 0 Å². The number of amides is 1. The summed E-state index contributed by atoms with van der Waals surface area (Å²) in [6.45, 7) is 2.58. The van der Waals surface area contributed by atoms with E-state index in [0.29, 0.717) is 24.3 Å². The normalized spacial score (nSPS) is 9.62. The molecule has 106 valence electrons. The van der Waals surface area contributed by atoms with Crippen molar-refractivity contribution in [1.82, 2.24) is 15.5 Å². The molecule has 0 bridgehead atoms. The van der Waals surface area contributed by atoms with Crippen LogP contribution in [0.25, 0.3) is 0 Å². The van der Waals surface area contributed by atoms with Gasteiger partial charge in [0.05, 0.1) is 18.8 Å². The molecule has 0 saturated heterocycles. The molecule has 1 aromatic carbocycles. The highest BCUT2D eigenvalue weighted by atomic mass is 16.1. The van der Waals surface area contributed by atoms with Crippen LogP contribution in [0.4, 0.5) is 0 Å². The van der Waals surface area contributed by atoms with Crippen molar-refractivity contribution < 1.29 is 4.79 Å². The van der Waals surface area contributed by atoms with Crippen molar-refractivity contribution in [3.05, 3.63) is 58.9 Å².